The molecule has 1 aromatic heterocycles. The van der Waals surface area contributed by atoms with Crippen LogP contribution in [0.15, 0.2) is 48.5 Å². The van der Waals surface area contributed by atoms with E-state index in [0.717, 1.165) is 22.9 Å². The fourth-order valence-electron chi connectivity index (χ4n) is 3.62. The molecule has 4 nitrogen and oxygen atoms in total. The number of fused-ring (bicyclic) bond motifs is 2. The van der Waals surface area contributed by atoms with E-state index in [1.807, 2.05) is 37.4 Å². The maximum Gasteiger partial charge on any atom is 0.268 e. The maximum atomic E-state index is 12.7. The van der Waals surface area contributed by atoms with Crippen molar-refractivity contribution >= 4 is 40.2 Å². The molecule has 4 rings (SSSR count). The number of carbonyl (C=O) groups is 1. The number of H-pyrrole nitrogens is 1. The molecule has 128 valence electrons. The van der Waals surface area contributed by atoms with Crippen LogP contribution in [0.3, 0.4) is 0 Å². The number of carbonyl (C=O) groups excluding carboxylic acids is 1. The van der Waals surface area contributed by atoms with E-state index in [4.69, 9.17) is 23.4 Å². The van der Waals surface area contributed by atoms with Crippen molar-refractivity contribution in [2.45, 2.75) is 18.5 Å². The van der Waals surface area contributed by atoms with E-state index in [9.17, 15) is 4.79 Å². The molecule has 0 radical (unpaired) electrons. The second-order valence-corrected chi connectivity index (χ2v) is 7.34. The molecule has 1 heterocycles. The lowest BCUT2D eigenvalue weighted by molar-refractivity contribution is 0.0919. The highest BCUT2D eigenvalue weighted by Gasteiger charge is 2.35. The number of amides is 1. The van der Waals surface area contributed by atoms with Gasteiger partial charge in [-0.1, -0.05) is 35.9 Å². The molecule has 1 aliphatic carbocycles. The molecule has 0 aliphatic heterocycles. The summed E-state index contributed by atoms with van der Waals surface area (Å²) in [5, 5.41) is 4.68. The molecule has 0 unspecified atom stereocenters. The molecule has 0 saturated carbocycles. The Bertz CT molecular complexity index is 951. The summed E-state index contributed by atoms with van der Waals surface area (Å²) >= 11 is 12.3. The molecule has 6 heteroatoms. The Labute approximate surface area is 155 Å². The summed E-state index contributed by atoms with van der Waals surface area (Å²) in [6, 6.07) is 15.3. The van der Waals surface area contributed by atoms with Gasteiger partial charge < -0.3 is 10.3 Å². The zero-order valence-electron chi connectivity index (χ0n) is 13.6. The van der Waals surface area contributed by atoms with Crippen LogP contribution in [0.1, 0.15) is 27.7 Å². The van der Waals surface area contributed by atoms with Crippen molar-refractivity contribution < 1.29 is 4.79 Å². The summed E-state index contributed by atoms with van der Waals surface area (Å²) in [5.41, 5.74) is 3.78. The van der Waals surface area contributed by atoms with E-state index >= 15 is 0 Å². The Morgan fingerprint density at radius 2 is 2.04 bits per heavy atom. The summed E-state index contributed by atoms with van der Waals surface area (Å²) in [6.45, 7) is 0. The third-order valence-electron chi connectivity index (χ3n) is 4.72. The van der Waals surface area contributed by atoms with Gasteiger partial charge in [0.25, 0.3) is 5.91 Å². The summed E-state index contributed by atoms with van der Waals surface area (Å²) in [7, 11) is 1.82. The molecule has 0 saturated heterocycles. The first-order valence-corrected chi connectivity index (χ1v) is 8.80. The van der Waals surface area contributed by atoms with Crippen molar-refractivity contribution in [1.29, 1.82) is 0 Å². The predicted octanol–water partition coefficient (Wildman–Crippen LogP) is 4.30. The molecule has 2 atom stereocenters. The summed E-state index contributed by atoms with van der Waals surface area (Å²) in [5.74, 6) is -0.145. The topological polar surface area (TPSA) is 48.1 Å². The van der Waals surface area contributed by atoms with Crippen LogP contribution in [0.4, 0.5) is 0 Å². The van der Waals surface area contributed by atoms with Crippen LogP contribution in [0.25, 0.3) is 10.9 Å². The lowest BCUT2D eigenvalue weighted by atomic mass is 10.1. The molecule has 0 spiro atoms. The zero-order chi connectivity index (χ0) is 17.6. The number of hydrogen-bond donors (Lipinski definition) is 2. The minimum Gasteiger partial charge on any atom is -0.351 e. The van der Waals surface area contributed by atoms with Gasteiger partial charge in [-0.05, 0) is 53.6 Å². The normalized spacial score (nSPS) is 19.4. The second kappa shape index (κ2) is 6.37. The third kappa shape index (κ3) is 3.01. The average molecular weight is 374 g/mol. The van der Waals surface area contributed by atoms with E-state index in [-0.39, 0.29) is 18.0 Å². The average Bonchev–Trinajstić information content (AvgIpc) is 3.14. The maximum absolute atomic E-state index is 12.7. The molecule has 2 aromatic carbocycles. The first-order chi connectivity index (χ1) is 12.0. The van der Waals surface area contributed by atoms with E-state index in [0.29, 0.717) is 10.7 Å². The molecule has 1 aliphatic rings. The zero-order valence-corrected chi connectivity index (χ0v) is 15.1. The number of benzene rings is 2. The molecular weight excluding hydrogens is 357 g/mol. The molecule has 0 bridgehead atoms. The number of likely N-dealkylation sites (N-methyl/N-ethyl adjacent to an activating group) is 1. The van der Waals surface area contributed by atoms with Gasteiger partial charge in [-0.25, -0.2) is 4.42 Å². The van der Waals surface area contributed by atoms with E-state index in [1.54, 1.807) is 10.5 Å². The standard InChI is InChI=1S/C19H17Cl2N3O/c1-24(21)18-14-5-3-2-4-11(14)9-16(18)23-19(25)17-10-12-8-13(20)6-7-15(12)22-17/h2-8,10,16,18,22H,9H2,1H3,(H,23,25)/t16-,18-/m1/s1. The van der Waals surface area contributed by atoms with E-state index in [2.05, 4.69) is 22.4 Å². The number of aromatic nitrogens is 1. The Morgan fingerprint density at radius 1 is 1.24 bits per heavy atom. The van der Waals surface area contributed by atoms with Crippen molar-refractivity contribution in [1.82, 2.24) is 14.7 Å². The van der Waals surface area contributed by atoms with Crippen molar-refractivity contribution in [2.75, 3.05) is 7.05 Å². The quantitative estimate of drug-likeness (QED) is 0.672. The number of hydrogen-bond acceptors (Lipinski definition) is 2. The van der Waals surface area contributed by atoms with Crippen LogP contribution in [0.5, 0.6) is 0 Å². The second-order valence-electron chi connectivity index (χ2n) is 6.37. The minimum atomic E-state index is -0.145. The fraction of sp³-hybridized carbons (Fsp3) is 0.211. The molecule has 1 amide bonds. The first kappa shape index (κ1) is 16.5. The van der Waals surface area contributed by atoms with Crippen molar-refractivity contribution in [3.63, 3.8) is 0 Å². The van der Waals surface area contributed by atoms with Crippen LogP contribution in [0, 0.1) is 0 Å². The predicted molar refractivity (Wildman–Crippen MR) is 101 cm³/mol. The molecule has 25 heavy (non-hydrogen) atoms. The van der Waals surface area contributed by atoms with Gasteiger partial charge in [0.2, 0.25) is 0 Å². The van der Waals surface area contributed by atoms with Gasteiger partial charge in [0.1, 0.15) is 5.69 Å². The van der Waals surface area contributed by atoms with Crippen molar-refractivity contribution in [2.24, 2.45) is 0 Å². The lowest BCUT2D eigenvalue weighted by Gasteiger charge is -2.25. The van der Waals surface area contributed by atoms with E-state index in [1.165, 1.54) is 5.56 Å². The van der Waals surface area contributed by atoms with Gasteiger partial charge >= 0.3 is 0 Å². The number of nitrogens with one attached hydrogen (secondary N) is 2. The van der Waals surface area contributed by atoms with Gasteiger partial charge in [-0.3, -0.25) is 4.79 Å². The molecule has 0 fully saturated rings. The van der Waals surface area contributed by atoms with Crippen LogP contribution >= 0.6 is 23.4 Å². The van der Waals surface area contributed by atoms with Gasteiger partial charge in [0, 0.05) is 23.0 Å². The van der Waals surface area contributed by atoms with Crippen LogP contribution in [-0.4, -0.2) is 28.4 Å². The van der Waals surface area contributed by atoms with E-state index < -0.39 is 0 Å². The smallest absolute Gasteiger partial charge is 0.268 e. The fourth-order valence-corrected chi connectivity index (χ4v) is 4.04. The van der Waals surface area contributed by atoms with Gasteiger partial charge in [0.15, 0.2) is 0 Å². The van der Waals surface area contributed by atoms with Crippen molar-refractivity contribution in [3.8, 4) is 0 Å². The summed E-state index contributed by atoms with van der Waals surface area (Å²) < 4.78 is 1.64. The first-order valence-electron chi connectivity index (χ1n) is 8.08. The highest BCUT2D eigenvalue weighted by atomic mass is 35.5. The Hall–Kier alpha value is -2.01. The highest BCUT2D eigenvalue weighted by Crippen LogP contribution is 2.36. The van der Waals surface area contributed by atoms with Crippen LogP contribution in [0.2, 0.25) is 5.02 Å². The summed E-state index contributed by atoms with van der Waals surface area (Å²) in [6.07, 6.45) is 0.760. The number of rotatable bonds is 3. The Kier molecular flexibility index (Phi) is 4.20. The SMILES string of the molecule is CN(Cl)[C@@H]1c2ccccc2C[C@H]1NC(=O)c1cc2cc(Cl)ccc2[nH]1. The van der Waals surface area contributed by atoms with Gasteiger partial charge in [0.05, 0.1) is 12.1 Å². The van der Waals surface area contributed by atoms with Crippen molar-refractivity contribution in [3.05, 3.63) is 70.4 Å². The van der Waals surface area contributed by atoms with Crippen LogP contribution < -0.4 is 5.32 Å². The monoisotopic (exact) mass is 373 g/mol. The number of aromatic amines is 1. The largest absolute Gasteiger partial charge is 0.351 e. The minimum absolute atomic E-state index is 0.0550. The van der Waals surface area contributed by atoms with Crippen LogP contribution in [-0.2, 0) is 6.42 Å². The molecular formula is C19H17Cl2N3O. The number of halogens is 2. The summed E-state index contributed by atoms with van der Waals surface area (Å²) in [4.78, 5) is 15.9. The number of nitrogens with zero attached hydrogens (tertiary/aromatic N) is 1. The lowest BCUT2D eigenvalue weighted by Crippen LogP contribution is -2.41. The third-order valence-corrected chi connectivity index (χ3v) is 5.17. The highest BCUT2D eigenvalue weighted by molar-refractivity contribution is 6.31. The van der Waals surface area contributed by atoms with Gasteiger partial charge in [-0.15, -0.1) is 0 Å². The molecule has 2 N–H and O–H groups in total. The Balaban J connectivity index is 1.59. The molecule has 3 aromatic rings. The Morgan fingerprint density at radius 3 is 2.84 bits per heavy atom. The van der Waals surface area contributed by atoms with Gasteiger partial charge in [-0.2, -0.15) is 0 Å².